The van der Waals surface area contributed by atoms with Gasteiger partial charge in [0.15, 0.2) is 6.61 Å². The fourth-order valence-electron chi connectivity index (χ4n) is 2.97. The number of fused-ring (bicyclic) bond motifs is 1. The van der Waals surface area contributed by atoms with E-state index in [-0.39, 0.29) is 11.9 Å². The lowest BCUT2D eigenvalue weighted by atomic mass is 10.0. The van der Waals surface area contributed by atoms with Crippen LogP contribution in [0.5, 0.6) is 5.75 Å². The van der Waals surface area contributed by atoms with Crippen LogP contribution >= 0.6 is 0 Å². The van der Waals surface area contributed by atoms with Gasteiger partial charge in [-0.2, -0.15) is 0 Å². The Morgan fingerprint density at radius 3 is 2.52 bits per heavy atom. The highest BCUT2D eigenvalue weighted by atomic mass is 16.5. The molecule has 1 heterocycles. The number of benzene rings is 2. The predicted molar refractivity (Wildman–Crippen MR) is 101 cm³/mol. The highest BCUT2D eigenvalue weighted by Crippen LogP contribution is 2.25. The van der Waals surface area contributed by atoms with E-state index in [1.54, 1.807) is 26.0 Å². The van der Waals surface area contributed by atoms with E-state index in [1.165, 1.54) is 0 Å². The number of carbonyl (C=O) groups excluding carboxylic acids is 1. The minimum Gasteiger partial charge on any atom is -0.481 e. The summed E-state index contributed by atoms with van der Waals surface area (Å²) in [7, 11) is 0. The highest BCUT2D eigenvalue weighted by molar-refractivity contribution is 5.95. The average molecular weight is 367 g/mol. The number of aliphatic carboxylic acids is 1. The Balaban J connectivity index is 1.76. The quantitative estimate of drug-likeness (QED) is 0.621. The summed E-state index contributed by atoms with van der Waals surface area (Å²) in [6.07, 6.45) is 0. The number of carboxylic acid groups (broad SMARTS) is 1. The number of hydrogen-bond donors (Lipinski definition) is 3. The Bertz CT molecular complexity index is 953. The van der Waals surface area contributed by atoms with Crippen LogP contribution in [0.2, 0.25) is 0 Å². The third-order valence-electron chi connectivity index (χ3n) is 4.23. The zero-order chi connectivity index (χ0) is 19.6. The number of imidazole rings is 1. The molecule has 0 saturated carbocycles. The van der Waals surface area contributed by atoms with Crippen LogP contribution in [-0.4, -0.2) is 33.6 Å². The largest absolute Gasteiger partial charge is 0.481 e. The smallest absolute Gasteiger partial charge is 0.341 e. The molecule has 140 valence electrons. The predicted octanol–water partition coefficient (Wildman–Crippen LogP) is 3.13. The molecule has 0 spiro atoms. The Hall–Kier alpha value is -3.35. The molecule has 0 aliphatic rings. The van der Waals surface area contributed by atoms with Crippen LogP contribution in [0.4, 0.5) is 0 Å². The van der Waals surface area contributed by atoms with Gasteiger partial charge >= 0.3 is 5.97 Å². The number of aryl methyl sites for hydroxylation is 2. The molecule has 1 amide bonds. The fraction of sp³-hybridized carbons (Fsp3) is 0.250. The molecule has 7 nitrogen and oxygen atoms in total. The molecular formula is C20H21N3O4. The van der Waals surface area contributed by atoms with Crippen molar-refractivity contribution in [2.24, 2.45) is 0 Å². The number of H-pyrrole nitrogens is 1. The first-order valence-corrected chi connectivity index (χ1v) is 8.56. The minimum absolute atomic E-state index is 0.237. The first-order chi connectivity index (χ1) is 12.8. The average Bonchev–Trinajstić information content (AvgIpc) is 3.04. The Morgan fingerprint density at radius 1 is 1.22 bits per heavy atom. The van der Waals surface area contributed by atoms with Crippen LogP contribution in [-0.2, 0) is 4.79 Å². The van der Waals surface area contributed by atoms with E-state index in [4.69, 9.17) is 9.84 Å². The first kappa shape index (κ1) is 18.4. The van der Waals surface area contributed by atoms with Crippen molar-refractivity contribution in [3.63, 3.8) is 0 Å². The number of hydrogen-bond acceptors (Lipinski definition) is 4. The van der Waals surface area contributed by atoms with Crippen molar-refractivity contribution in [3.05, 3.63) is 58.9 Å². The summed E-state index contributed by atoms with van der Waals surface area (Å²) in [5.74, 6) is -0.118. The van der Waals surface area contributed by atoms with Gasteiger partial charge in [0.25, 0.3) is 5.91 Å². The molecule has 2 aromatic carbocycles. The molecule has 7 heteroatoms. The summed E-state index contributed by atoms with van der Waals surface area (Å²) in [5, 5.41) is 11.7. The van der Waals surface area contributed by atoms with Crippen molar-refractivity contribution in [2.75, 3.05) is 6.61 Å². The third-order valence-corrected chi connectivity index (χ3v) is 4.23. The molecule has 3 rings (SSSR count). The number of amides is 1. The SMILES string of the molecule is Cc1cc(C(=O)NC(C)c2nc3ccccc3[nH]2)cc(C)c1OCC(=O)O. The molecule has 0 saturated heterocycles. The number of aromatic amines is 1. The van der Waals surface area contributed by atoms with Crippen LogP contribution in [0, 0.1) is 13.8 Å². The Morgan fingerprint density at radius 2 is 1.89 bits per heavy atom. The lowest BCUT2D eigenvalue weighted by molar-refractivity contribution is -0.139. The third kappa shape index (κ3) is 4.08. The van der Waals surface area contributed by atoms with Gasteiger partial charge in [-0.1, -0.05) is 12.1 Å². The summed E-state index contributed by atoms with van der Waals surface area (Å²) in [5.41, 5.74) is 3.66. The number of ether oxygens (including phenoxy) is 1. The van der Waals surface area contributed by atoms with Crippen molar-refractivity contribution in [1.82, 2.24) is 15.3 Å². The van der Waals surface area contributed by atoms with E-state index >= 15 is 0 Å². The van der Waals surface area contributed by atoms with Crippen molar-refractivity contribution in [1.29, 1.82) is 0 Å². The van der Waals surface area contributed by atoms with Gasteiger partial charge in [-0.15, -0.1) is 0 Å². The van der Waals surface area contributed by atoms with E-state index in [2.05, 4.69) is 15.3 Å². The Kier molecular flexibility index (Phi) is 5.12. The second-order valence-electron chi connectivity index (χ2n) is 6.46. The van der Waals surface area contributed by atoms with E-state index < -0.39 is 12.6 Å². The van der Waals surface area contributed by atoms with Crippen LogP contribution in [0.25, 0.3) is 11.0 Å². The normalized spacial score (nSPS) is 12.0. The molecule has 3 N–H and O–H groups in total. The lowest BCUT2D eigenvalue weighted by Gasteiger charge is -2.15. The number of para-hydroxylation sites is 2. The summed E-state index contributed by atoms with van der Waals surface area (Å²) in [6.45, 7) is 5.00. The number of carbonyl (C=O) groups is 2. The summed E-state index contributed by atoms with van der Waals surface area (Å²) in [6, 6.07) is 10.8. The van der Waals surface area contributed by atoms with Gasteiger partial charge in [0.05, 0.1) is 17.1 Å². The van der Waals surface area contributed by atoms with Gasteiger partial charge in [-0.25, -0.2) is 9.78 Å². The van der Waals surface area contributed by atoms with Gasteiger partial charge in [0.2, 0.25) is 0 Å². The van der Waals surface area contributed by atoms with E-state index in [1.807, 2.05) is 31.2 Å². The molecule has 3 aromatic rings. The molecule has 1 unspecified atom stereocenters. The van der Waals surface area contributed by atoms with E-state index in [9.17, 15) is 9.59 Å². The maximum Gasteiger partial charge on any atom is 0.341 e. The summed E-state index contributed by atoms with van der Waals surface area (Å²) >= 11 is 0. The molecule has 0 aliphatic heterocycles. The van der Waals surface area contributed by atoms with E-state index in [0.717, 1.165) is 11.0 Å². The zero-order valence-corrected chi connectivity index (χ0v) is 15.4. The van der Waals surface area contributed by atoms with Gasteiger partial charge in [0.1, 0.15) is 11.6 Å². The minimum atomic E-state index is -1.05. The van der Waals surface area contributed by atoms with Crippen LogP contribution < -0.4 is 10.1 Å². The van der Waals surface area contributed by atoms with Crippen molar-refractivity contribution < 1.29 is 19.4 Å². The van der Waals surface area contributed by atoms with Crippen molar-refractivity contribution >= 4 is 22.9 Å². The maximum absolute atomic E-state index is 12.6. The standard InChI is InChI=1S/C20H21N3O4/c1-11-8-14(9-12(2)18(11)27-10-17(24)25)20(26)21-13(3)19-22-15-6-4-5-7-16(15)23-19/h4-9,13H,10H2,1-3H3,(H,21,26)(H,22,23)(H,24,25). The molecular weight excluding hydrogens is 346 g/mol. The molecule has 0 aliphatic carbocycles. The van der Waals surface area contributed by atoms with E-state index in [0.29, 0.717) is 28.3 Å². The monoisotopic (exact) mass is 367 g/mol. The lowest BCUT2D eigenvalue weighted by Crippen LogP contribution is -2.27. The van der Waals surface area contributed by atoms with Crippen molar-refractivity contribution in [3.8, 4) is 5.75 Å². The molecule has 0 radical (unpaired) electrons. The number of rotatable bonds is 6. The van der Waals surface area contributed by atoms with Gasteiger partial charge < -0.3 is 20.1 Å². The molecule has 0 fully saturated rings. The number of carboxylic acids is 1. The topological polar surface area (TPSA) is 104 Å². The Labute approximate surface area is 156 Å². The van der Waals surface area contributed by atoms with Gasteiger partial charge in [-0.3, -0.25) is 4.79 Å². The van der Waals surface area contributed by atoms with Crippen molar-refractivity contribution in [2.45, 2.75) is 26.8 Å². The number of nitrogens with zero attached hydrogens (tertiary/aromatic N) is 1. The zero-order valence-electron chi connectivity index (χ0n) is 15.4. The fourth-order valence-corrected chi connectivity index (χ4v) is 2.97. The van der Waals surface area contributed by atoms with Gasteiger partial charge in [0, 0.05) is 5.56 Å². The second kappa shape index (κ2) is 7.49. The second-order valence-corrected chi connectivity index (χ2v) is 6.46. The summed E-state index contributed by atoms with van der Waals surface area (Å²) in [4.78, 5) is 31.0. The van der Waals surface area contributed by atoms with Crippen LogP contribution in [0.1, 0.15) is 40.3 Å². The van der Waals surface area contributed by atoms with Crippen LogP contribution in [0.15, 0.2) is 36.4 Å². The number of nitrogens with one attached hydrogen (secondary N) is 2. The highest BCUT2D eigenvalue weighted by Gasteiger charge is 2.17. The molecule has 1 aromatic heterocycles. The first-order valence-electron chi connectivity index (χ1n) is 8.56. The molecule has 0 bridgehead atoms. The maximum atomic E-state index is 12.6. The van der Waals surface area contributed by atoms with Gasteiger partial charge in [-0.05, 0) is 56.2 Å². The summed E-state index contributed by atoms with van der Waals surface area (Å²) < 4.78 is 5.30. The molecule has 27 heavy (non-hydrogen) atoms. The number of aromatic nitrogens is 2. The van der Waals surface area contributed by atoms with Crippen LogP contribution in [0.3, 0.4) is 0 Å². The molecule has 1 atom stereocenters.